The molecule has 0 unspecified atom stereocenters. The van der Waals surface area contributed by atoms with E-state index < -0.39 is 11.9 Å². The normalized spacial score (nSPS) is 10.3. The third-order valence-electron chi connectivity index (χ3n) is 3.02. The van der Waals surface area contributed by atoms with Crippen LogP contribution in [-0.2, 0) is 4.74 Å². The largest absolute Gasteiger partial charge is 0.493 e. The molecule has 1 aromatic heterocycles. The summed E-state index contributed by atoms with van der Waals surface area (Å²) < 4.78 is 15.2. The van der Waals surface area contributed by atoms with Gasteiger partial charge in [-0.1, -0.05) is 0 Å². The number of nitrogens with zero attached hydrogens (tertiary/aromatic N) is 1. The number of methoxy groups -OCH3 is 2. The van der Waals surface area contributed by atoms with Crippen LogP contribution in [0.4, 0.5) is 0 Å². The Morgan fingerprint density at radius 2 is 1.77 bits per heavy atom. The SMILES string of the molecule is CCOC(=O)c1cc2cc(OC)c(OC)cc2nc1C(=O)O. The van der Waals surface area contributed by atoms with Crippen molar-refractivity contribution in [1.82, 2.24) is 4.98 Å². The highest BCUT2D eigenvalue weighted by molar-refractivity contribution is 6.04. The second-order valence-electron chi connectivity index (χ2n) is 4.31. The Bertz CT molecular complexity index is 740. The van der Waals surface area contributed by atoms with Gasteiger partial charge in [0.05, 0.1) is 31.9 Å². The summed E-state index contributed by atoms with van der Waals surface area (Å²) in [6, 6.07) is 4.59. The lowest BCUT2D eigenvalue weighted by Gasteiger charge is -2.11. The molecule has 0 aliphatic heterocycles. The van der Waals surface area contributed by atoms with Crippen LogP contribution in [0, 0.1) is 0 Å². The molecule has 22 heavy (non-hydrogen) atoms. The van der Waals surface area contributed by atoms with E-state index in [4.69, 9.17) is 14.2 Å². The van der Waals surface area contributed by atoms with Crippen LogP contribution < -0.4 is 9.47 Å². The smallest absolute Gasteiger partial charge is 0.355 e. The zero-order chi connectivity index (χ0) is 16.3. The van der Waals surface area contributed by atoms with Crippen LogP contribution in [0.3, 0.4) is 0 Å². The Morgan fingerprint density at radius 1 is 1.14 bits per heavy atom. The molecule has 0 spiro atoms. The number of esters is 1. The van der Waals surface area contributed by atoms with Crippen LogP contribution in [0.5, 0.6) is 11.5 Å². The number of pyridine rings is 1. The van der Waals surface area contributed by atoms with Crippen molar-refractivity contribution >= 4 is 22.8 Å². The van der Waals surface area contributed by atoms with E-state index in [1.54, 1.807) is 19.1 Å². The van der Waals surface area contributed by atoms with E-state index in [0.29, 0.717) is 22.4 Å². The molecule has 0 fully saturated rings. The first-order chi connectivity index (χ1) is 10.5. The second-order valence-corrected chi connectivity index (χ2v) is 4.31. The summed E-state index contributed by atoms with van der Waals surface area (Å²) >= 11 is 0. The number of ether oxygens (including phenoxy) is 3. The number of aromatic carboxylic acids is 1. The Kier molecular flexibility index (Phi) is 4.45. The average Bonchev–Trinajstić information content (AvgIpc) is 2.52. The summed E-state index contributed by atoms with van der Waals surface area (Å²) in [5.74, 6) is -1.17. The molecule has 0 amide bonds. The van der Waals surface area contributed by atoms with Gasteiger partial charge in [-0.05, 0) is 19.1 Å². The number of hydrogen-bond acceptors (Lipinski definition) is 6. The molecule has 0 saturated carbocycles. The average molecular weight is 305 g/mol. The number of fused-ring (bicyclic) bond motifs is 1. The summed E-state index contributed by atoms with van der Waals surface area (Å²) in [5.41, 5.74) is -0.0876. The van der Waals surface area contributed by atoms with Gasteiger partial charge in [-0.2, -0.15) is 0 Å². The third kappa shape index (κ3) is 2.78. The van der Waals surface area contributed by atoms with Crippen molar-refractivity contribution in [3.63, 3.8) is 0 Å². The van der Waals surface area contributed by atoms with Gasteiger partial charge in [0.2, 0.25) is 0 Å². The molecule has 7 nitrogen and oxygen atoms in total. The quantitative estimate of drug-likeness (QED) is 0.845. The van der Waals surface area contributed by atoms with Gasteiger partial charge < -0.3 is 19.3 Å². The van der Waals surface area contributed by atoms with Gasteiger partial charge in [0.1, 0.15) is 0 Å². The van der Waals surface area contributed by atoms with Gasteiger partial charge in [0.25, 0.3) is 0 Å². The topological polar surface area (TPSA) is 95.0 Å². The monoisotopic (exact) mass is 305 g/mol. The van der Waals surface area contributed by atoms with Crippen molar-refractivity contribution in [1.29, 1.82) is 0 Å². The highest BCUT2D eigenvalue weighted by atomic mass is 16.5. The molecule has 7 heteroatoms. The molecule has 0 aliphatic carbocycles. The minimum atomic E-state index is -1.31. The van der Waals surface area contributed by atoms with Gasteiger partial charge in [0.15, 0.2) is 17.2 Å². The predicted octanol–water partition coefficient (Wildman–Crippen LogP) is 2.13. The molecule has 116 valence electrons. The Labute approximate surface area is 126 Å². The Hall–Kier alpha value is -2.83. The highest BCUT2D eigenvalue weighted by Crippen LogP contribution is 2.32. The van der Waals surface area contributed by atoms with Crippen molar-refractivity contribution in [2.24, 2.45) is 0 Å². The number of aromatic nitrogens is 1. The second kappa shape index (κ2) is 6.30. The zero-order valence-electron chi connectivity index (χ0n) is 12.4. The maximum absolute atomic E-state index is 11.9. The van der Waals surface area contributed by atoms with E-state index in [0.717, 1.165) is 0 Å². The van der Waals surface area contributed by atoms with Crippen molar-refractivity contribution < 1.29 is 28.9 Å². The first kappa shape index (κ1) is 15.6. The Balaban J connectivity index is 2.71. The molecular formula is C15H15NO6. The molecule has 1 heterocycles. The number of hydrogen-bond donors (Lipinski definition) is 1. The summed E-state index contributed by atoms with van der Waals surface area (Å²) in [5, 5.41) is 9.79. The number of carbonyl (C=O) groups is 2. The van der Waals surface area contributed by atoms with E-state index in [1.807, 2.05) is 0 Å². The first-order valence-electron chi connectivity index (χ1n) is 6.49. The molecule has 0 atom stereocenters. The maximum atomic E-state index is 11.9. The van der Waals surface area contributed by atoms with Gasteiger partial charge in [-0.15, -0.1) is 0 Å². The van der Waals surface area contributed by atoms with Crippen LogP contribution in [0.25, 0.3) is 10.9 Å². The molecule has 2 aromatic rings. The lowest BCUT2D eigenvalue weighted by molar-refractivity contribution is 0.0513. The van der Waals surface area contributed by atoms with E-state index in [-0.39, 0.29) is 17.9 Å². The molecule has 0 radical (unpaired) electrons. The fourth-order valence-electron chi connectivity index (χ4n) is 2.03. The van der Waals surface area contributed by atoms with Crippen LogP contribution >= 0.6 is 0 Å². The standard InChI is InChI=1S/C15H15NO6/c1-4-22-15(19)9-5-8-6-11(20-2)12(21-3)7-10(8)16-13(9)14(17)18/h5-7H,4H2,1-3H3,(H,17,18). The van der Waals surface area contributed by atoms with Crippen molar-refractivity contribution in [2.45, 2.75) is 6.92 Å². The summed E-state index contributed by atoms with van der Waals surface area (Å²) in [4.78, 5) is 27.3. The summed E-state index contributed by atoms with van der Waals surface area (Å²) in [6.07, 6.45) is 0. The molecule has 0 bridgehead atoms. The van der Waals surface area contributed by atoms with Crippen LogP contribution in [-0.4, -0.2) is 42.9 Å². The first-order valence-corrected chi connectivity index (χ1v) is 6.49. The molecule has 2 rings (SSSR count). The molecule has 1 N–H and O–H groups in total. The van der Waals surface area contributed by atoms with Gasteiger partial charge in [0, 0.05) is 11.5 Å². The third-order valence-corrected chi connectivity index (χ3v) is 3.02. The number of carboxylic acid groups (broad SMARTS) is 1. The molecule has 0 aliphatic rings. The van der Waals surface area contributed by atoms with E-state index in [2.05, 4.69) is 4.98 Å². The van der Waals surface area contributed by atoms with E-state index >= 15 is 0 Å². The minimum absolute atomic E-state index is 0.103. The van der Waals surface area contributed by atoms with Crippen LogP contribution in [0.15, 0.2) is 18.2 Å². The minimum Gasteiger partial charge on any atom is -0.493 e. The van der Waals surface area contributed by atoms with Crippen LogP contribution in [0.2, 0.25) is 0 Å². The van der Waals surface area contributed by atoms with E-state index in [1.165, 1.54) is 20.3 Å². The predicted molar refractivity (Wildman–Crippen MR) is 77.8 cm³/mol. The van der Waals surface area contributed by atoms with Crippen molar-refractivity contribution in [2.75, 3.05) is 20.8 Å². The fraction of sp³-hybridized carbons (Fsp3) is 0.267. The maximum Gasteiger partial charge on any atom is 0.355 e. The molecular weight excluding hydrogens is 290 g/mol. The lowest BCUT2D eigenvalue weighted by Crippen LogP contribution is -2.13. The van der Waals surface area contributed by atoms with Crippen LogP contribution in [0.1, 0.15) is 27.8 Å². The van der Waals surface area contributed by atoms with E-state index in [9.17, 15) is 14.7 Å². The van der Waals surface area contributed by atoms with Gasteiger partial charge in [-0.25, -0.2) is 14.6 Å². The van der Waals surface area contributed by atoms with Crippen molar-refractivity contribution in [3.8, 4) is 11.5 Å². The van der Waals surface area contributed by atoms with Gasteiger partial charge >= 0.3 is 11.9 Å². The van der Waals surface area contributed by atoms with Crippen molar-refractivity contribution in [3.05, 3.63) is 29.5 Å². The van der Waals surface area contributed by atoms with Gasteiger partial charge in [-0.3, -0.25) is 0 Å². The lowest BCUT2D eigenvalue weighted by atomic mass is 10.1. The molecule has 0 saturated heterocycles. The number of benzene rings is 1. The summed E-state index contributed by atoms with van der Waals surface area (Å²) in [7, 11) is 2.95. The number of rotatable bonds is 5. The number of carbonyl (C=O) groups excluding carboxylic acids is 1. The zero-order valence-corrected chi connectivity index (χ0v) is 12.4. The highest BCUT2D eigenvalue weighted by Gasteiger charge is 2.21. The Morgan fingerprint density at radius 3 is 2.32 bits per heavy atom. The molecule has 1 aromatic carbocycles. The summed E-state index contributed by atoms with van der Waals surface area (Å²) in [6.45, 7) is 1.78. The number of carboxylic acids is 1. The fourth-order valence-corrected chi connectivity index (χ4v) is 2.03.